The van der Waals surface area contributed by atoms with Crippen LogP contribution < -0.4 is 11.1 Å². The van der Waals surface area contributed by atoms with Gasteiger partial charge in [-0.15, -0.1) is 0 Å². The molecule has 0 aromatic heterocycles. The Hall–Kier alpha value is -1.14. The second-order valence-electron chi connectivity index (χ2n) is 9.64. The fourth-order valence-electron chi connectivity index (χ4n) is 5.74. The zero-order valence-electron chi connectivity index (χ0n) is 18.6. The molecule has 166 valence electrons. The van der Waals surface area contributed by atoms with Crippen molar-refractivity contribution in [3.05, 3.63) is 0 Å². The number of amides is 1. The molecule has 0 spiro atoms. The Kier molecular flexibility index (Phi) is 8.36. The van der Waals surface area contributed by atoms with Gasteiger partial charge in [-0.3, -0.25) is 9.69 Å². The second kappa shape index (κ2) is 10.8. The first kappa shape index (κ1) is 22.5. The Balaban J connectivity index is 1.60. The Morgan fingerprint density at radius 3 is 2.62 bits per heavy atom. The molecule has 2 fully saturated rings. The number of likely N-dealkylation sites (N-methyl/N-ethyl adjacent to an activating group) is 1. The number of hydrogen-bond acceptors (Lipinski definition) is 5. The number of aliphatic imine (C=N–C) groups is 1. The zero-order valence-corrected chi connectivity index (χ0v) is 18.6. The number of carbonyl (C=O) groups excluding carboxylic acids is 1. The largest absolute Gasteiger partial charge is 0.385 e. The van der Waals surface area contributed by atoms with Gasteiger partial charge in [-0.1, -0.05) is 44.9 Å². The molecule has 1 heterocycles. The summed E-state index contributed by atoms with van der Waals surface area (Å²) in [4.78, 5) is 19.6. The maximum atomic E-state index is 13.2. The minimum absolute atomic E-state index is 0.126. The first-order valence-corrected chi connectivity index (χ1v) is 11.9. The van der Waals surface area contributed by atoms with Gasteiger partial charge in [-0.05, 0) is 56.9 Å². The van der Waals surface area contributed by atoms with Gasteiger partial charge in [0.15, 0.2) is 5.96 Å². The monoisotopic (exact) mass is 406 g/mol. The minimum atomic E-state index is -0.612. The molecule has 3 rings (SSSR count). The van der Waals surface area contributed by atoms with Gasteiger partial charge < -0.3 is 15.8 Å². The summed E-state index contributed by atoms with van der Waals surface area (Å²) in [5.74, 6) is 1.84. The number of methoxy groups -OCH3 is 1. The summed E-state index contributed by atoms with van der Waals surface area (Å²) in [6, 6.07) is 0.552. The molecule has 0 aromatic rings. The average molecular weight is 407 g/mol. The highest BCUT2D eigenvalue weighted by Crippen LogP contribution is 2.40. The molecule has 1 aliphatic heterocycles. The lowest BCUT2D eigenvalue weighted by atomic mass is 9.74. The summed E-state index contributed by atoms with van der Waals surface area (Å²) in [5, 5.41) is 3.70. The van der Waals surface area contributed by atoms with E-state index in [2.05, 4.69) is 5.32 Å². The van der Waals surface area contributed by atoms with Crippen LogP contribution in [-0.4, -0.2) is 55.7 Å². The number of hydrogen-bond donors (Lipinski definition) is 2. The molecule has 2 saturated carbocycles. The Bertz CT molecular complexity index is 561. The van der Waals surface area contributed by atoms with Crippen LogP contribution in [0.25, 0.3) is 0 Å². The Morgan fingerprint density at radius 1 is 1.17 bits per heavy atom. The molecule has 6 heteroatoms. The van der Waals surface area contributed by atoms with Crippen molar-refractivity contribution in [2.24, 2.45) is 22.6 Å². The highest BCUT2D eigenvalue weighted by molar-refractivity contribution is 6.06. The van der Waals surface area contributed by atoms with E-state index in [0.717, 1.165) is 51.2 Å². The van der Waals surface area contributed by atoms with E-state index >= 15 is 0 Å². The molecule has 1 amide bonds. The number of nitrogens with one attached hydrogen (secondary N) is 1. The van der Waals surface area contributed by atoms with Crippen molar-refractivity contribution in [1.82, 2.24) is 10.2 Å². The summed E-state index contributed by atoms with van der Waals surface area (Å²) < 4.78 is 5.15. The Morgan fingerprint density at radius 2 is 1.93 bits per heavy atom. The quantitative estimate of drug-likeness (QED) is 0.545. The van der Waals surface area contributed by atoms with Crippen molar-refractivity contribution in [1.29, 1.82) is 0 Å². The van der Waals surface area contributed by atoms with Crippen molar-refractivity contribution in [2.75, 3.05) is 27.3 Å². The van der Waals surface area contributed by atoms with E-state index in [1.807, 2.05) is 0 Å². The number of carbonyl (C=O) groups is 1. The first-order valence-electron chi connectivity index (χ1n) is 11.9. The topological polar surface area (TPSA) is 80.0 Å². The maximum Gasteiger partial charge on any atom is 0.257 e. The normalized spacial score (nSPS) is 31.3. The summed E-state index contributed by atoms with van der Waals surface area (Å²) in [7, 11) is 3.54. The van der Waals surface area contributed by atoms with Crippen molar-refractivity contribution in [2.45, 2.75) is 95.1 Å². The zero-order chi connectivity index (χ0) is 20.7. The lowest BCUT2D eigenvalue weighted by Gasteiger charge is -2.35. The minimum Gasteiger partial charge on any atom is -0.385 e. The van der Waals surface area contributed by atoms with Crippen LogP contribution in [0, 0.1) is 11.8 Å². The third-order valence-electron chi connectivity index (χ3n) is 7.43. The average Bonchev–Trinajstić information content (AvgIpc) is 2.95. The number of ether oxygens (including phenoxy) is 1. The van der Waals surface area contributed by atoms with Crippen LogP contribution in [0.2, 0.25) is 0 Å². The molecule has 3 aliphatic rings. The van der Waals surface area contributed by atoms with Crippen LogP contribution >= 0.6 is 0 Å². The van der Waals surface area contributed by atoms with Crippen LogP contribution in [0.4, 0.5) is 0 Å². The predicted molar refractivity (Wildman–Crippen MR) is 118 cm³/mol. The molecule has 6 nitrogen and oxygen atoms in total. The van der Waals surface area contributed by atoms with E-state index in [9.17, 15) is 4.79 Å². The van der Waals surface area contributed by atoms with Crippen LogP contribution in [-0.2, 0) is 9.53 Å². The molecule has 3 atom stereocenters. The summed E-state index contributed by atoms with van der Waals surface area (Å²) in [5.41, 5.74) is 5.50. The van der Waals surface area contributed by atoms with E-state index in [0.29, 0.717) is 17.9 Å². The smallest absolute Gasteiger partial charge is 0.257 e. The van der Waals surface area contributed by atoms with Gasteiger partial charge in [0.05, 0.1) is 0 Å². The van der Waals surface area contributed by atoms with Crippen molar-refractivity contribution in [3.8, 4) is 0 Å². The van der Waals surface area contributed by atoms with Gasteiger partial charge >= 0.3 is 0 Å². The predicted octanol–water partition coefficient (Wildman–Crippen LogP) is 3.45. The number of nitrogens with two attached hydrogens (primary N) is 1. The number of guanidine groups is 1. The van der Waals surface area contributed by atoms with Crippen molar-refractivity contribution in [3.63, 3.8) is 0 Å². The molecule has 0 aromatic carbocycles. The summed E-state index contributed by atoms with van der Waals surface area (Å²) in [6.07, 6.45) is 15.4. The van der Waals surface area contributed by atoms with Gasteiger partial charge in [0, 0.05) is 26.8 Å². The van der Waals surface area contributed by atoms with Crippen LogP contribution in [0.3, 0.4) is 0 Å². The number of rotatable bonds is 10. The summed E-state index contributed by atoms with van der Waals surface area (Å²) in [6.45, 7) is 1.81. The highest BCUT2D eigenvalue weighted by atomic mass is 16.5. The second-order valence-corrected chi connectivity index (χ2v) is 9.64. The lowest BCUT2D eigenvalue weighted by Crippen LogP contribution is -2.45. The van der Waals surface area contributed by atoms with E-state index in [1.54, 1.807) is 19.1 Å². The molecule has 0 radical (unpaired) electrons. The molecule has 0 bridgehead atoms. The standard InChI is InChI=1S/C23H42N4O2/c1-27-21(28)23(26-22(27)24,13-12-18-8-4-3-5-9-18)17-19-10-6-11-20(16-19)25-14-7-15-29-2/h18-20,25H,3-17H2,1-2H3,(H2,24,26)/t19-,20-,23+/m0/s1. The number of nitrogens with zero attached hydrogens (tertiary/aromatic N) is 2. The fraction of sp³-hybridized carbons (Fsp3) is 0.913. The Labute approximate surface area is 177 Å². The van der Waals surface area contributed by atoms with Crippen molar-refractivity contribution < 1.29 is 9.53 Å². The maximum absolute atomic E-state index is 13.2. The molecule has 3 N–H and O–H groups in total. The van der Waals surface area contributed by atoms with Gasteiger partial charge in [0.25, 0.3) is 5.91 Å². The van der Waals surface area contributed by atoms with E-state index in [1.165, 1.54) is 51.4 Å². The highest BCUT2D eigenvalue weighted by Gasteiger charge is 2.47. The van der Waals surface area contributed by atoms with Crippen molar-refractivity contribution >= 4 is 11.9 Å². The third kappa shape index (κ3) is 5.94. The van der Waals surface area contributed by atoms with E-state index in [4.69, 9.17) is 15.5 Å². The van der Waals surface area contributed by atoms with Crippen LogP contribution in [0.1, 0.15) is 83.5 Å². The molecular formula is C23H42N4O2. The molecule has 2 aliphatic carbocycles. The van der Waals surface area contributed by atoms with Gasteiger partial charge in [-0.25, -0.2) is 4.99 Å². The van der Waals surface area contributed by atoms with Crippen LogP contribution in [0.15, 0.2) is 4.99 Å². The van der Waals surface area contributed by atoms with Gasteiger partial charge in [0.1, 0.15) is 5.54 Å². The molecule has 0 saturated heterocycles. The van der Waals surface area contributed by atoms with E-state index < -0.39 is 5.54 Å². The fourth-order valence-corrected chi connectivity index (χ4v) is 5.74. The lowest BCUT2D eigenvalue weighted by molar-refractivity contribution is -0.131. The SMILES string of the molecule is COCCCN[C@H]1CCC[C@H](C[C@@]2(CCC3CCCCC3)N=C(N)N(C)C2=O)C1. The molecule has 0 unspecified atom stereocenters. The molecular weight excluding hydrogens is 364 g/mol. The molecule has 29 heavy (non-hydrogen) atoms. The summed E-state index contributed by atoms with van der Waals surface area (Å²) >= 11 is 0. The van der Waals surface area contributed by atoms with Gasteiger partial charge in [-0.2, -0.15) is 0 Å². The van der Waals surface area contributed by atoms with Crippen LogP contribution in [0.5, 0.6) is 0 Å². The first-order chi connectivity index (χ1) is 14.0. The van der Waals surface area contributed by atoms with E-state index in [-0.39, 0.29) is 5.91 Å². The third-order valence-corrected chi connectivity index (χ3v) is 7.43. The van der Waals surface area contributed by atoms with Gasteiger partial charge in [0.2, 0.25) is 0 Å².